The third kappa shape index (κ3) is 1.71. The smallest absolute Gasteiger partial charge is 0.120 e. The number of aromatic amines is 1. The third-order valence-corrected chi connectivity index (χ3v) is 3.46. The summed E-state index contributed by atoms with van der Waals surface area (Å²) in [5.41, 5.74) is 3.36. The van der Waals surface area contributed by atoms with Crippen LogP contribution >= 0.6 is 0 Å². The van der Waals surface area contributed by atoms with Crippen molar-refractivity contribution in [3.63, 3.8) is 0 Å². The van der Waals surface area contributed by atoms with Crippen LogP contribution in [-0.4, -0.2) is 16.7 Å². The second-order valence-electron chi connectivity index (χ2n) is 4.57. The average Bonchev–Trinajstić information content (AvgIpc) is 2.70. The van der Waals surface area contributed by atoms with Crippen molar-refractivity contribution in [2.24, 2.45) is 0 Å². The molecular weight excluding hydrogens is 214 g/mol. The SMILES string of the molecule is CCOc1ccc2[nH]c3c(c2c1)CCCC3O. The number of aliphatic hydroxyl groups is 1. The van der Waals surface area contributed by atoms with Crippen LogP contribution in [0.2, 0.25) is 0 Å². The number of hydrogen-bond donors (Lipinski definition) is 2. The number of fused-ring (bicyclic) bond motifs is 3. The van der Waals surface area contributed by atoms with E-state index < -0.39 is 0 Å². The molecule has 0 radical (unpaired) electrons. The molecule has 0 amide bonds. The Labute approximate surface area is 100 Å². The molecule has 0 bridgehead atoms. The summed E-state index contributed by atoms with van der Waals surface area (Å²) in [5, 5.41) is 11.2. The van der Waals surface area contributed by atoms with Gasteiger partial charge in [-0.2, -0.15) is 0 Å². The van der Waals surface area contributed by atoms with Crippen molar-refractivity contribution in [3.8, 4) is 5.75 Å². The fourth-order valence-electron chi connectivity index (χ4n) is 2.67. The Morgan fingerprint density at radius 2 is 2.35 bits per heavy atom. The first-order chi connectivity index (χ1) is 8.29. The quantitative estimate of drug-likeness (QED) is 0.834. The molecule has 3 rings (SSSR count). The van der Waals surface area contributed by atoms with Gasteiger partial charge < -0.3 is 14.8 Å². The molecule has 1 aliphatic rings. The second-order valence-corrected chi connectivity index (χ2v) is 4.57. The Hall–Kier alpha value is -1.48. The fraction of sp³-hybridized carbons (Fsp3) is 0.429. The van der Waals surface area contributed by atoms with E-state index in [0.717, 1.165) is 36.2 Å². The molecule has 1 aromatic heterocycles. The van der Waals surface area contributed by atoms with Crippen molar-refractivity contribution < 1.29 is 9.84 Å². The molecule has 3 nitrogen and oxygen atoms in total. The molecule has 0 aliphatic heterocycles. The van der Waals surface area contributed by atoms with E-state index in [0.29, 0.717) is 6.61 Å². The lowest BCUT2D eigenvalue weighted by molar-refractivity contribution is 0.153. The van der Waals surface area contributed by atoms with E-state index in [2.05, 4.69) is 11.1 Å². The van der Waals surface area contributed by atoms with Crippen LogP contribution in [0.25, 0.3) is 10.9 Å². The minimum absolute atomic E-state index is 0.332. The summed E-state index contributed by atoms with van der Waals surface area (Å²) in [4.78, 5) is 3.33. The van der Waals surface area contributed by atoms with Gasteiger partial charge in [-0.1, -0.05) is 0 Å². The maximum atomic E-state index is 9.97. The number of nitrogens with one attached hydrogen (secondary N) is 1. The molecule has 1 aromatic carbocycles. The van der Waals surface area contributed by atoms with Crippen LogP contribution in [0.1, 0.15) is 37.1 Å². The number of benzene rings is 1. The molecule has 2 N–H and O–H groups in total. The Balaban J connectivity index is 2.15. The van der Waals surface area contributed by atoms with E-state index in [9.17, 15) is 5.11 Å². The van der Waals surface area contributed by atoms with E-state index in [1.54, 1.807) is 0 Å². The monoisotopic (exact) mass is 231 g/mol. The van der Waals surface area contributed by atoms with Crippen molar-refractivity contribution >= 4 is 10.9 Å². The lowest BCUT2D eigenvalue weighted by atomic mass is 9.93. The molecule has 0 fully saturated rings. The van der Waals surface area contributed by atoms with E-state index in [-0.39, 0.29) is 6.10 Å². The van der Waals surface area contributed by atoms with Crippen LogP contribution in [0.3, 0.4) is 0 Å². The summed E-state index contributed by atoms with van der Waals surface area (Å²) in [5.74, 6) is 0.905. The molecule has 1 unspecified atom stereocenters. The Bertz CT molecular complexity index is 544. The maximum absolute atomic E-state index is 9.97. The van der Waals surface area contributed by atoms with Crippen molar-refractivity contribution in [2.45, 2.75) is 32.3 Å². The molecule has 1 heterocycles. The van der Waals surface area contributed by atoms with E-state index in [1.165, 1.54) is 10.9 Å². The highest BCUT2D eigenvalue weighted by molar-refractivity contribution is 5.86. The lowest BCUT2D eigenvalue weighted by Gasteiger charge is -2.17. The van der Waals surface area contributed by atoms with Gasteiger partial charge in [0, 0.05) is 16.6 Å². The van der Waals surface area contributed by atoms with E-state index in [1.807, 2.05) is 19.1 Å². The second kappa shape index (κ2) is 4.08. The Morgan fingerprint density at radius 1 is 1.47 bits per heavy atom. The summed E-state index contributed by atoms with van der Waals surface area (Å²) < 4.78 is 5.52. The van der Waals surface area contributed by atoms with Gasteiger partial charge in [-0.05, 0) is 49.9 Å². The fourth-order valence-corrected chi connectivity index (χ4v) is 2.67. The van der Waals surface area contributed by atoms with Crippen LogP contribution in [0.15, 0.2) is 18.2 Å². The van der Waals surface area contributed by atoms with Gasteiger partial charge >= 0.3 is 0 Å². The minimum Gasteiger partial charge on any atom is -0.494 e. The van der Waals surface area contributed by atoms with Crippen LogP contribution in [0.5, 0.6) is 5.75 Å². The summed E-state index contributed by atoms with van der Waals surface area (Å²) in [7, 11) is 0. The van der Waals surface area contributed by atoms with Crippen molar-refractivity contribution in [1.82, 2.24) is 4.98 Å². The number of hydrogen-bond acceptors (Lipinski definition) is 2. The standard InChI is InChI=1S/C14H17NO2/c1-2-17-9-6-7-12-11(8-9)10-4-3-5-13(16)14(10)15-12/h6-8,13,15-16H,2-5H2,1H3. The molecule has 0 spiro atoms. The van der Waals surface area contributed by atoms with Gasteiger partial charge in [0.2, 0.25) is 0 Å². The number of ether oxygens (including phenoxy) is 1. The van der Waals surface area contributed by atoms with Crippen molar-refractivity contribution in [3.05, 3.63) is 29.5 Å². The van der Waals surface area contributed by atoms with Crippen LogP contribution in [0.4, 0.5) is 0 Å². The zero-order chi connectivity index (χ0) is 11.8. The van der Waals surface area contributed by atoms with Gasteiger partial charge in [0.15, 0.2) is 0 Å². The number of aryl methyl sites for hydroxylation is 1. The van der Waals surface area contributed by atoms with Crippen molar-refractivity contribution in [2.75, 3.05) is 6.61 Å². The molecule has 90 valence electrons. The zero-order valence-corrected chi connectivity index (χ0v) is 9.99. The number of rotatable bonds is 2. The molecule has 17 heavy (non-hydrogen) atoms. The highest BCUT2D eigenvalue weighted by atomic mass is 16.5. The van der Waals surface area contributed by atoms with Crippen LogP contribution < -0.4 is 4.74 Å². The molecule has 0 saturated carbocycles. The summed E-state index contributed by atoms with van der Waals surface area (Å²) in [6.45, 7) is 2.67. The lowest BCUT2D eigenvalue weighted by Crippen LogP contribution is -2.07. The predicted octanol–water partition coefficient (Wildman–Crippen LogP) is 2.94. The maximum Gasteiger partial charge on any atom is 0.120 e. The topological polar surface area (TPSA) is 45.2 Å². The van der Waals surface area contributed by atoms with E-state index in [4.69, 9.17) is 4.74 Å². The molecule has 0 saturated heterocycles. The van der Waals surface area contributed by atoms with Gasteiger partial charge in [-0.15, -0.1) is 0 Å². The molecule has 1 atom stereocenters. The highest BCUT2D eigenvalue weighted by Crippen LogP contribution is 2.35. The number of aliphatic hydroxyl groups excluding tert-OH is 1. The minimum atomic E-state index is -0.332. The van der Waals surface area contributed by atoms with Crippen molar-refractivity contribution in [1.29, 1.82) is 0 Å². The summed E-state index contributed by atoms with van der Waals surface area (Å²) >= 11 is 0. The van der Waals surface area contributed by atoms with Gasteiger partial charge in [-0.25, -0.2) is 0 Å². The first kappa shape index (κ1) is 10.7. The molecule has 2 aromatic rings. The first-order valence-electron chi connectivity index (χ1n) is 6.25. The Morgan fingerprint density at radius 3 is 3.18 bits per heavy atom. The highest BCUT2D eigenvalue weighted by Gasteiger charge is 2.22. The summed E-state index contributed by atoms with van der Waals surface area (Å²) in [6.07, 6.45) is 2.63. The van der Waals surface area contributed by atoms with Crippen LogP contribution in [-0.2, 0) is 6.42 Å². The van der Waals surface area contributed by atoms with Crippen LogP contribution in [0, 0.1) is 0 Å². The molecule has 1 aliphatic carbocycles. The van der Waals surface area contributed by atoms with Gasteiger partial charge in [0.05, 0.1) is 12.7 Å². The van der Waals surface area contributed by atoms with Gasteiger partial charge in [0.25, 0.3) is 0 Å². The normalized spacial score (nSPS) is 19.3. The Kier molecular flexibility index (Phi) is 2.56. The first-order valence-corrected chi connectivity index (χ1v) is 6.25. The zero-order valence-electron chi connectivity index (χ0n) is 9.99. The molecular formula is C14H17NO2. The number of aromatic nitrogens is 1. The predicted molar refractivity (Wildman–Crippen MR) is 67.4 cm³/mol. The largest absolute Gasteiger partial charge is 0.494 e. The van der Waals surface area contributed by atoms with Gasteiger partial charge in [-0.3, -0.25) is 0 Å². The number of H-pyrrole nitrogens is 1. The van der Waals surface area contributed by atoms with Gasteiger partial charge in [0.1, 0.15) is 5.75 Å². The van der Waals surface area contributed by atoms with E-state index >= 15 is 0 Å². The summed E-state index contributed by atoms with van der Waals surface area (Å²) in [6, 6.07) is 6.08. The average molecular weight is 231 g/mol. The third-order valence-electron chi connectivity index (χ3n) is 3.46. The molecule has 3 heteroatoms.